The zero-order valence-electron chi connectivity index (χ0n) is 19.4. The normalized spacial score (nSPS) is 18.8. The lowest BCUT2D eigenvalue weighted by Gasteiger charge is -2.51. The van der Waals surface area contributed by atoms with Gasteiger partial charge in [0.25, 0.3) is 5.91 Å². The lowest BCUT2D eigenvalue weighted by molar-refractivity contribution is -0.117. The van der Waals surface area contributed by atoms with Crippen LogP contribution in [0, 0.1) is 0 Å². The Labute approximate surface area is 216 Å². The number of amides is 2. The zero-order valence-corrected chi connectivity index (χ0v) is 22.6. The first kappa shape index (κ1) is 24.5. The molecule has 7 heteroatoms. The summed E-state index contributed by atoms with van der Waals surface area (Å²) in [6.07, 6.45) is 0.674. The number of carbonyl (C=O) groups excluding carboxylic acids is 2. The van der Waals surface area contributed by atoms with Crippen LogP contribution in [0.3, 0.4) is 0 Å². The second-order valence-corrected chi connectivity index (χ2v) is 11.4. The summed E-state index contributed by atoms with van der Waals surface area (Å²) in [5.74, 6) is -0.546. The molecule has 1 unspecified atom stereocenters. The van der Waals surface area contributed by atoms with E-state index in [0.29, 0.717) is 23.4 Å². The summed E-state index contributed by atoms with van der Waals surface area (Å²) >= 11 is 6.81. The van der Waals surface area contributed by atoms with Gasteiger partial charge < -0.3 is 15.3 Å². The molecule has 34 heavy (non-hydrogen) atoms. The number of nitrogens with one attached hydrogen (secondary N) is 1. The summed E-state index contributed by atoms with van der Waals surface area (Å²) in [5.41, 5.74) is 2.43. The van der Waals surface area contributed by atoms with Crippen molar-refractivity contribution in [1.29, 1.82) is 0 Å². The van der Waals surface area contributed by atoms with E-state index in [1.807, 2.05) is 38.1 Å². The number of rotatable bonds is 3. The SMILES string of the molecule is CC(=O)N1c2cc(O)c(NC(=O)c3cc(Br)cc(Br)c3)cc2C(C)(c2ccccc2)CC1(C)C. The number of anilines is 2. The minimum absolute atomic E-state index is 0.0967. The van der Waals surface area contributed by atoms with Crippen molar-refractivity contribution >= 4 is 55.0 Å². The van der Waals surface area contributed by atoms with Crippen molar-refractivity contribution in [3.05, 3.63) is 86.3 Å². The summed E-state index contributed by atoms with van der Waals surface area (Å²) in [6, 6.07) is 18.8. The minimum Gasteiger partial charge on any atom is -0.506 e. The predicted octanol–water partition coefficient (Wildman–Crippen LogP) is 7.01. The number of carbonyl (C=O) groups is 2. The van der Waals surface area contributed by atoms with Crippen molar-refractivity contribution in [3.63, 3.8) is 0 Å². The Bertz CT molecular complexity index is 1270. The topological polar surface area (TPSA) is 69.6 Å². The molecule has 1 atom stereocenters. The predicted molar refractivity (Wildman–Crippen MR) is 143 cm³/mol. The van der Waals surface area contributed by atoms with E-state index >= 15 is 0 Å². The van der Waals surface area contributed by atoms with Crippen LogP contribution in [0.15, 0.2) is 69.6 Å². The van der Waals surface area contributed by atoms with Crippen molar-refractivity contribution in [3.8, 4) is 5.75 Å². The minimum atomic E-state index is -0.483. The molecule has 0 aromatic heterocycles. The molecule has 1 heterocycles. The van der Waals surface area contributed by atoms with Crippen molar-refractivity contribution in [2.24, 2.45) is 0 Å². The quantitative estimate of drug-likeness (QED) is 0.325. The molecule has 0 radical (unpaired) electrons. The van der Waals surface area contributed by atoms with Gasteiger partial charge in [0.1, 0.15) is 5.75 Å². The van der Waals surface area contributed by atoms with Crippen molar-refractivity contribution in [2.45, 2.75) is 45.1 Å². The summed E-state index contributed by atoms with van der Waals surface area (Å²) in [7, 11) is 0. The third kappa shape index (κ3) is 4.39. The van der Waals surface area contributed by atoms with Gasteiger partial charge in [0.05, 0.1) is 11.4 Å². The summed E-state index contributed by atoms with van der Waals surface area (Å²) < 4.78 is 1.52. The number of aromatic hydroxyl groups is 1. The fourth-order valence-electron chi connectivity index (χ4n) is 5.21. The first-order chi connectivity index (χ1) is 15.9. The van der Waals surface area contributed by atoms with Crippen LogP contribution in [0.5, 0.6) is 5.75 Å². The van der Waals surface area contributed by atoms with Gasteiger partial charge in [-0.05, 0) is 55.7 Å². The molecule has 2 N–H and O–H groups in total. The Morgan fingerprint density at radius 2 is 1.59 bits per heavy atom. The molecule has 3 aromatic carbocycles. The summed E-state index contributed by atoms with van der Waals surface area (Å²) in [5, 5.41) is 13.8. The van der Waals surface area contributed by atoms with Crippen LogP contribution in [0.1, 0.15) is 55.6 Å². The highest BCUT2D eigenvalue weighted by atomic mass is 79.9. The smallest absolute Gasteiger partial charge is 0.255 e. The molecular weight excluding hydrogens is 560 g/mol. The molecule has 4 rings (SSSR count). The number of phenolic OH excluding ortho intramolecular Hbond substituents is 1. The van der Waals surface area contributed by atoms with Crippen LogP contribution < -0.4 is 10.2 Å². The molecular formula is C27H26Br2N2O3. The molecule has 0 saturated carbocycles. The van der Waals surface area contributed by atoms with Crippen LogP contribution in [-0.4, -0.2) is 22.5 Å². The number of hydrogen-bond donors (Lipinski definition) is 2. The maximum absolute atomic E-state index is 13.0. The molecule has 1 aliphatic heterocycles. The third-order valence-electron chi connectivity index (χ3n) is 6.44. The maximum atomic E-state index is 13.0. The first-order valence-electron chi connectivity index (χ1n) is 10.9. The monoisotopic (exact) mass is 584 g/mol. The summed E-state index contributed by atoms with van der Waals surface area (Å²) in [6.45, 7) is 7.76. The molecule has 5 nitrogen and oxygen atoms in total. The van der Waals surface area contributed by atoms with Gasteiger partial charge in [0, 0.05) is 38.5 Å². The number of phenols is 1. The van der Waals surface area contributed by atoms with Crippen LogP contribution in [0.4, 0.5) is 11.4 Å². The Balaban J connectivity index is 1.87. The molecule has 2 amide bonds. The average Bonchev–Trinajstić information content (AvgIpc) is 2.73. The van der Waals surface area contributed by atoms with Crippen LogP contribution in [-0.2, 0) is 10.2 Å². The highest BCUT2D eigenvalue weighted by molar-refractivity contribution is 9.11. The van der Waals surface area contributed by atoms with E-state index in [1.54, 1.807) is 29.2 Å². The molecule has 0 aliphatic carbocycles. The number of benzene rings is 3. The van der Waals surface area contributed by atoms with Crippen LogP contribution in [0.25, 0.3) is 0 Å². The zero-order chi connectivity index (χ0) is 24.8. The van der Waals surface area contributed by atoms with E-state index in [4.69, 9.17) is 0 Å². The highest BCUT2D eigenvalue weighted by Crippen LogP contribution is 2.52. The standard InChI is InChI=1S/C27H26Br2N2O3/c1-16(32)31-23-14-24(33)22(30-25(34)17-10-19(28)12-20(29)11-17)13-21(23)27(4,15-26(31,2)3)18-8-6-5-7-9-18/h5-14,33H,15H2,1-4H3,(H,30,34). The Morgan fingerprint density at radius 1 is 0.971 bits per heavy atom. The van der Waals surface area contributed by atoms with E-state index in [0.717, 1.165) is 20.1 Å². The third-order valence-corrected chi connectivity index (χ3v) is 7.36. The van der Waals surface area contributed by atoms with Crippen molar-refractivity contribution < 1.29 is 14.7 Å². The van der Waals surface area contributed by atoms with Gasteiger partial charge in [-0.1, -0.05) is 69.1 Å². The Kier molecular flexibility index (Phi) is 6.38. The average molecular weight is 586 g/mol. The second kappa shape index (κ2) is 8.86. The van der Waals surface area contributed by atoms with Gasteiger partial charge >= 0.3 is 0 Å². The van der Waals surface area contributed by atoms with E-state index in [1.165, 1.54) is 6.92 Å². The van der Waals surface area contributed by atoms with Crippen molar-refractivity contribution in [2.75, 3.05) is 10.2 Å². The van der Waals surface area contributed by atoms with E-state index in [9.17, 15) is 14.7 Å². The first-order valence-corrected chi connectivity index (χ1v) is 12.5. The highest BCUT2D eigenvalue weighted by Gasteiger charge is 2.47. The van der Waals surface area contributed by atoms with Gasteiger partial charge in [0.15, 0.2) is 0 Å². The summed E-state index contributed by atoms with van der Waals surface area (Å²) in [4.78, 5) is 27.5. The Morgan fingerprint density at radius 3 is 2.18 bits per heavy atom. The van der Waals surface area contributed by atoms with Crippen LogP contribution >= 0.6 is 31.9 Å². The van der Waals surface area contributed by atoms with Crippen molar-refractivity contribution in [1.82, 2.24) is 0 Å². The van der Waals surface area contributed by atoms with Gasteiger partial charge in [-0.15, -0.1) is 0 Å². The number of fused-ring (bicyclic) bond motifs is 1. The Hall–Kier alpha value is -2.64. The van der Waals surface area contributed by atoms with Crippen LogP contribution in [0.2, 0.25) is 0 Å². The molecule has 0 spiro atoms. The van der Waals surface area contributed by atoms with Gasteiger partial charge in [-0.2, -0.15) is 0 Å². The molecule has 3 aromatic rings. The fourth-order valence-corrected chi connectivity index (χ4v) is 6.50. The van der Waals surface area contributed by atoms with E-state index in [-0.39, 0.29) is 17.6 Å². The number of nitrogens with zero attached hydrogens (tertiary/aromatic N) is 1. The number of halogens is 2. The lowest BCUT2D eigenvalue weighted by atomic mass is 9.65. The van der Waals surface area contributed by atoms with Gasteiger partial charge in [-0.3, -0.25) is 9.59 Å². The lowest BCUT2D eigenvalue weighted by Crippen LogP contribution is -2.55. The van der Waals surface area contributed by atoms with Gasteiger partial charge in [-0.25, -0.2) is 0 Å². The molecule has 0 saturated heterocycles. The molecule has 0 bridgehead atoms. The molecule has 176 valence electrons. The largest absolute Gasteiger partial charge is 0.506 e. The fraction of sp³-hybridized carbons (Fsp3) is 0.259. The van der Waals surface area contributed by atoms with Gasteiger partial charge in [0.2, 0.25) is 5.91 Å². The van der Waals surface area contributed by atoms with E-state index < -0.39 is 11.0 Å². The molecule has 0 fully saturated rings. The van der Waals surface area contributed by atoms with E-state index in [2.05, 4.69) is 56.2 Å². The maximum Gasteiger partial charge on any atom is 0.255 e. The number of hydrogen-bond acceptors (Lipinski definition) is 3. The second-order valence-electron chi connectivity index (χ2n) is 9.54. The molecule has 1 aliphatic rings.